The molecule has 0 saturated heterocycles. The number of rotatable bonds is 6. The van der Waals surface area contributed by atoms with Gasteiger partial charge in [0.05, 0.1) is 12.7 Å². The van der Waals surface area contributed by atoms with E-state index in [-0.39, 0.29) is 18.4 Å². The lowest BCUT2D eigenvalue weighted by atomic mass is 9.98. The summed E-state index contributed by atoms with van der Waals surface area (Å²) in [6.45, 7) is 5.83. The molecule has 0 aliphatic rings. The smallest absolute Gasteiger partial charge is 0.337 e. The number of para-hydroxylation sites is 1. The van der Waals surface area contributed by atoms with Crippen LogP contribution in [0.5, 0.6) is 0 Å². The highest BCUT2D eigenvalue weighted by molar-refractivity contribution is 5.94. The Bertz CT molecular complexity index is 1030. The van der Waals surface area contributed by atoms with Crippen molar-refractivity contribution in [2.75, 3.05) is 19.0 Å². The molecule has 0 atom stereocenters. The Morgan fingerprint density at radius 3 is 2.71 bits per heavy atom. The fraction of sp³-hybridized carbons (Fsp3) is 0.300. The molecule has 28 heavy (non-hydrogen) atoms. The van der Waals surface area contributed by atoms with Gasteiger partial charge in [-0.2, -0.15) is 0 Å². The predicted molar refractivity (Wildman–Crippen MR) is 104 cm³/mol. The quantitative estimate of drug-likeness (QED) is 0.659. The second-order valence-electron chi connectivity index (χ2n) is 6.67. The maximum atomic E-state index is 12.4. The lowest BCUT2D eigenvalue weighted by molar-refractivity contribution is -0.121. The summed E-state index contributed by atoms with van der Waals surface area (Å²) in [5, 5.41) is 10.7. The summed E-state index contributed by atoms with van der Waals surface area (Å²) in [5.41, 5.74) is 4.18. The molecule has 8 nitrogen and oxygen atoms in total. The van der Waals surface area contributed by atoms with Crippen molar-refractivity contribution in [1.82, 2.24) is 15.2 Å². The van der Waals surface area contributed by atoms with Gasteiger partial charge in [0, 0.05) is 5.69 Å². The topological polar surface area (TPSA) is 95.3 Å². The zero-order chi connectivity index (χ0) is 20.3. The molecule has 0 aliphatic heterocycles. The first kappa shape index (κ1) is 19.3. The molecule has 3 aromatic rings. The number of esters is 1. The monoisotopic (exact) mass is 382 g/mol. The van der Waals surface area contributed by atoms with Crippen LogP contribution in [0, 0.1) is 6.92 Å². The number of hydrogen-bond donors (Lipinski definition) is 1. The fourth-order valence-electron chi connectivity index (χ4n) is 2.88. The van der Waals surface area contributed by atoms with Gasteiger partial charge in [0.1, 0.15) is 11.0 Å². The zero-order valence-electron chi connectivity index (χ0n) is 16.2. The van der Waals surface area contributed by atoms with E-state index in [4.69, 9.17) is 9.57 Å². The van der Waals surface area contributed by atoms with Gasteiger partial charge in [0.15, 0.2) is 6.61 Å². The number of amides is 1. The summed E-state index contributed by atoms with van der Waals surface area (Å²) in [6.07, 6.45) is 0. The van der Waals surface area contributed by atoms with Crippen LogP contribution in [0.3, 0.4) is 0 Å². The highest BCUT2D eigenvalue weighted by atomic mass is 16.7. The molecule has 1 N–H and O–H groups in total. The van der Waals surface area contributed by atoms with Gasteiger partial charge in [-0.05, 0) is 47.4 Å². The Morgan fingerprint density at radius 1 is 1.21 bits per heavy atom. The van der Waals surface area contributed by atoms with Gasteiger partial charge in [-0.3, -0.25) is 4.79 Å². The molecule has 0 saturated carbocycles. The van der Waals surface area contributed by atoms with Gasteiger partial charge in [-0.15, -0.1) is 5.10 Å². The molecule has 0 fully saturated rings. The molecular weight excluding hydrogens is 360 g/mol. The van der Waals surface area contributed by atoms with Crippen molar-refractivity contribution in [3.8, 4) is 0 Å². The van der Waals surface area contributed by atoms with Crippen molar-refractivity contribution in [3.63, 3.8) is 0 Å². The van der Waals surface area contributed by atoms with Crippen LogP contribution in [-0.2, 0) is 9.53 Å². The van der Waals surface area contributed by atoms with E-state index in [1.807, 2.05) is 25.1 Å². The van der Waals surface area contributed by atoms with Crippen LogP contribution in [-0.4, -0.2) is 40.8 Å². The van der Waals surface area contributed by atoms with Gasteiger partial charge in [0.2, 0.25) is 0 Å². The van der Waals surface area contributed by atoms with E-state index in [9.17, 15) is 9.59 Å². The van der Waals surface area contributed by atoms with Crippen molar-refractivity contribution < 1.29 is 19.2 Å². The van der Waals surface area contributed by atoms with Crippen LogP contribution in [0.4, 0.5) is 5.69 Å². The Morgan fingerprint density at radius 2 is 2.00 bits per heavy atom. The van der Waals surface area contributed by atoms with E-state index < -0.39 is 5.97 Å². The average Bonchev–Trinajstić information content (AvgIpc) is 3.09. The number of anilines is 1. The van der Waals surface area contributed by atoms with E-state index in [2.05, 4.69) is 29.5 Å². The van der Waals surface area contributed by atoms with Crippen LogP contribution in [0.15, 0.2) is 36.4 Å². The van der Waals surface area contributed by atoms with Crippen molar-refractivity contribution in [2.24, 2.45) is 0 Å². The van der Waals surface area contributed by atoms with E-state index in [1.54, 1.807) is 18.2 Å². The van der Waals surface area contributed by atoms with Crippen molar-refractivity contribution in [2.45, 2.75) is 26.7 Å². The van der Waals surface area contributed by atoms with E-state index in [0.717, 1.165) is 21.7 Å². The number of hydrogen-bond acceptors (Lipinski definition) is 6. The molecule has 0 radical (unpaired) electrons. The lowest BCUT2D eigenvalue weighted by Crippen LogP contribution is -2.27. The Labute approximate surface area is 162 Å². The average molecular weight is 382 g/mol. The van der Waals surface area contributed by atoms with Gasteiger partial charge in [0.25, 0.3) is 5.91 Å². The SMILES string of the molecule is COC(=O)c1ccc2nnn(OCC(=O)Nc3c(C)cccc3C(C)C)c2c1. The Kier molecular flexibility index (Phi) is 5.58. The number of carbonyl (C=O) groups is 2. The fourth-order valence-corrected chi connectivity index (χ4v) is 2.88. The third kappa shape index (κ3) is 3.95. The molecular formula is C20H22N4O4. The zero-order valence-corrected chi connectivity index (χ0v) is 16.2. The summed E-state index contributed by atoms with van der Waals surface area (Å²) >= 11 is 0. The minimum atomic E-state index is -0.479. The maximum Gasteiger partial charge on any atom is 0.337 e. The molecule has 2 aromatic carbocycles. The molecule has 3 rings (SSSR count). The molecule has 0 unspecified atom stereocenters. The van der Waals surface area contributed by atoms with Crippen molar-refractivity contribution >= 4 is 28.6 Å². The molecule has 1 heterocycles. The van der Waals surface area contributed by atoms with Crippen LogP contribution in [0.2, 0.25) is 0 Å². The number of methoxy groups -OCH3 is 1. The second-order valence-corrected chi connectivity index (χ2v) is 6.67. The van der Waals surface area contributed by atoms with E-state index in [0.29, 0.717) is 16.6 Å². The normalized spacial score (nSPS) is 10.9. The van der Waals surface area contributed by atoms with Crippen LogP contribution in [0.1, 0.15) is 41.3 Å². The third-order valence-electron chi connectivity index (χ3n) is 4.35. The molecule has 0 spiro atoms. The van der Waals surface area contributed by atoms with Gasteiger partial charge in [-0.1, -0.05) is 36.9 Å². The predicted octanol–water partition coefficient (Wildman–Crippen LogP) is 2.72. The molecule has 0 bridgehead atoms. The summed E-state index contributed by atoms with van der Waals surface area (Å²) in [4.78, 5) is 30.7. The van der Waals surface area contributed by atoms with E-state index in [1.165, 1.54) is 7.11 Å². The summed E-state index contributed by atoms with van der Waals surface area (Å²) < 4.78 is 4.71. The first-order valence-electron chi connectivity index (χ1n) is 8.87. The Balaban J connectivity index is 1.74. The molecule has 1 amide bonds. The minimum absolute atomic E-state index is 0.257. The highest BCUT2D eigenvalue weighted by Gasteiger charge is 2.15. The van der Waals surface area contributed by atoms with Crippen LogP contribution >= 0.6 is 0 Å². The summed E-state index contributed by atoms with van der Waals surface area (Å²) in [7, 11) is 1.31. The number of aryl methyl sites for hydroxylation is 1. The number of benzene rings is 2. The first-order valence-corrected chi connectivity index (χ1v) is 8.87. The molecule has 0 aliphatic carbocycles. The van der Waals surface area contributed by atoms with Crippen LogP contribution in [0.25, 0.3) is 11.0 Å². The number of nitrogens with one attached hydrogen (secondary N) is 1. The van der Waals surface area contributed by atoms with Crippen molar-refractivity contribution in [1.29, 1.82) is 0 Å². The molecule has 1 aromatic heterocycles. The maximum absolute atomic E-state index is 12.4. The summed E-state index contributed by atoms with van der Waals surface area (Å²) in [6, 6.07) is 10.7. The number of aromatic nitrogens is 3. The van der Waals surface area contributed by atoms with E-state index >= 15 is 0 Å². The number of ether oxygens (including phenoxy) is 1. The standard InChI is InChI=1S/C20H22N4O4/c1-12(2)15-7-5-6-13(3)19(15)21-18(25)11-28-24-17-10-14(20(26)27-4)8-9-16(17)22-23-24/h5-10,12H,11H2,1-4H3,(H,21,25). The summed E-state index contributed by atoms with van der Waals surface area (Å²) in [5.74, 6) is -0.524. The van der Waals surface area contributed by atoms with Gasteiger partial charge < -0.3 is 14.9 Å². The largest absolute Gasteiger partial charge is 0.465 e. The lowest BCUT2D eigenvalue weighted by Gasteiger charge is -2.16. The first-order chi connectivity index (χ1) is 13.4. The van der Waals surface area contributed by atoms with Crippen LogP contribution < -0.4 is 10.2 Å². The number of carbonyl (C=O) groups excluding carboxylic acids is 2. The second kappa shape index (κ2) is 8.08. The van der Waals surface area contributed by atoms with Gasteiger partial charge >= 0.3 is 5.97 Å². The Hall–Kier alpha value is -3.42. The van der Waals surface area contributed by atoms with Crippen molar-refractivity contribution in [3.05, 3.63) is 53.1 Å². The minimum Gasteiger partial charge on any atom is -0.465 e. The number of fused-ring (bicyclic) bond motifs is 1. The number of nitrogens with zero attached hydrogens (tertiary/aromatic N) is 3. The molecule has 146 valence electrons. The highest BCUT2D eigenvalue weighted by Crippen LogP contribution is 2.27. The third-order valence-corrected chi connectivity index (χ3v) is 4.35. The molecule has 8 heteroatoms. The van der Waals surface area contributed by atoms with Gasteiger partial charge in [-0.25, -0.2) is 4.79 Å².